The van der Waals surface area contributed by atoms with E-state index in [1.54, 1.807) is 12.4 Å². The molecule has 1 aromatic heterocycles. The third-order valence-corrected chi connectivity index (χ3v) is 3.05. The van der Waals surface area contributed by atoms with E-state index < -0.39 is 0 Å². The quantitative estimate of drug-likeness (QED) is 0.821. The van der Waals surface area contributed by atoms with Gasteiger partial charge in [-0.15, -0.1) is 0 Å². The molecular formula is C12H19N3. The molecule has 1 aromatic rings. The highest BCUT2D eigenvalue weighted by atomic mass is 15.0. The van der Waals surface area contributed by atoms with E-state index in [0.29, 0.717) is 5.92 Å². The predicted octanol–water partition coefficient (Wildman–Crippen LogP) is 2.10. The average Bonchev–Trinajstić information content (AvgIpc) is 2.68. The van der Waals surface area contributed by atoms with E-state index in [1.165, 1.54) is 12.8 Å². The molecule has 1 unspecified atom stereocenters. The lowest BCUT2D eigenvalue weighted by atomic mass is 9.85. The minimum atomic E-state index is 0.0857. The SMILES string of the molecule is CC(C)CC1(c2cnccn2)CCCN1. The third-order valence-electron chi connectivity index (χ3n) is 3.05. The highest BCUT2D eigenvalue weighted by molar-refractivity contribution is 5.14. The maximum atomic E-state index is 4.46. The summed E-state index contributed by atoms with van der Waals surface area (Å²) in [5.41, 5.74) is 1.19. The molecule has 1 saturated heterocycles. The van der Waals surface area contributed by atoms with Crippen LogP contribution in [0.3, 0.4) is 0 Å². The molecule has 1 N–H and O–H groups in total. The second-order valence-corrected chi connectivity index (χ2v) is 4.80. The van der Waals surface area contributed by atoms with Gasteiger partial charge >= 0.3 is 0 Å². The lowest BCUT2D eigenvalue weighted by Gasteiger charge is -2.30. The summed E-state index contributed by atoms with van der Waals surface area (Å²) in [7, 11) is 0. The Balaban J connectivity index is 2.26. The van der Waals surface area contributed by atoms with Crippen LogP contribution in [0.5, 0.6) is 0 Å². The van der Waals surface area contributed by atoms with E-state index in [0.717, 1.165) is 18.7 Å². The normalized spacial score (nSPS) is 26.1. The van der Waals surface area contributed by atoms with Gasteiger partial charge in [-0.05, 0) is 31.7 Å². The maximum Gasteiger partial charge on any atom is 0.0787 e. The molecule has 3 nitrogen and oxygen atoms in total. The zero-order chi connectivity index (χ0) is 10.7. The van der Waals surface area contributed by atoms with Crippen LogP contribution in [-0.4, -0.2) is 16.5 Å². The molecule has 1 atom stereocenters. The number of hydrogen-bond donors (Lipinski definition) is 1. The van der Waals surface area contributed by atoms with Crippen LogP contribution in [0.2, 0.25) is 0 Å². The lowest BCUT2D eigenvalue weighted by Crippen LogP contribution is -2.39. The van der Waals surface area contributed by atoms with Gasteiger partial charge in [0.05, 0.1) is 17.4 Å². The summed E-state index contributed by atoms with van der Waals surface area (Å²) in [4.78, 5) is 8.64. The number of hydrogen-bond acceptors (Lipinski definition) is 3. The van der Waals surface area contributed by atoms with Gasteiger partial charge in [0.2, 0.25) is 0 Å². The third kappa shape index (κ3) is 2.17. The fourth-order valence-corrected chi connectivity index (χ4v) is 2.55. The zero-order valence-electron chi connectivity index (χ0n) is 9.53. The van der Waals surface area contributed by atoms with Crippen molar-refractivity contribution in [1.82, 2.24) is 15.3 Å². The van der Waals surface area contributed by atoms with Crippen molar-refractivity contribution in [1.29, 1.82) is 0 Å². The molecule has 0 amide bonds. The smallest absolute Gasteiger partial charge is 0.0787 e. The Bertz CT molecular complexity index is 302. The topological polar surface area (TPSA) is 37.8 Å². The molecule has 1 fully saturated rings. The van der Waals surface area contributed by atoms with Crippen molar-refractivity contribution in [2.45, 2.75) is 38.6 Å². The zero-order valence-corrected chi connectivity index (χ0v) is 9.53. The van der Waals surface area contributed by atoms with Crippen molar-refractivity contribution < 1.29 is 0 Å². The first-order valence-electron chi connectivity index (χ1n) is 5.74. The molecule has 0 aromatic carbocycles. The van der Waals surface area contributed by atoms with Crippen LogP contribution in [0.15, 0.2) is 18.6 Å². The van der Waals surface area contributed by atoms with Crippen molar-refractivity contribution in [3.63, 3.8) is 0 Å². The van der Waals surface area contributed by atoms with Crippen LogP contribution in [0, 0.1) is 5.92 Å². The summed E-state index contributed by atoms with van der Waals surface area (Å²) >= 11 is 0. The summed E-state index contributed by atoms with van der Waals surface area (Å²) in [6.07, 6.45) is 9.00. The van der Waals surface area contributed by atoms with Crippen LogP contribution >= 0.6 is 0 Å². The summed E-state index contributed by atoms with van der Waals surface area (Å²) in [5.74, 6) is 0.678. The minimum absolute atomic E-state index is 0.0857. The fourth-order valence-electron chi connectivity index (χ4n) is 2.55. The van der Waals surface area contributed by atoms with E-state index >= 15 is 0 Å². The van der Waals surface area contributed by atoms with Crippen LogP contribution in [-0.2, 0) is 5.54 Å². The van der Waals surface area contributed by atoms with Crippen LogP contribution in [0.1, 0.15) is 38.8 Å². The summed E-state index contributed by atoms with van der Waals surface area (Å²) in [5, 5.41) is 3.62. The first-order chi connectivity index (χ1) is 7.23. The molecule has 2 rings (SSSR count). The second-order valence-electron chi connectivity index (χ2n) is 4.80. The highest BCUT2D eigenvalue weighted by Crippen LogP contribution is 2.35. The van der Waals surface area contributed by atoms with E-state index in [9.17, 15) is 0 Å². The molecule has 2 heterocycles. The van der Waals surface area contributed by atoms with E-state index in [2.05, 4.69) is 29.1 Å². The average molecular weight is 205 g/mol. The minimum Gasteiger partial charge on any atom is -0.306 e. The summed E-state index contributed by atoms with van der Waals surface area (Å²) in [6.45, 7) is 5.62. The molecule has 1 aliphatic heterocycles. The van der Waals surface area contributed by atoms with Crippen molar-refractivity contribution >= 4 is 0 Å². The number of rotatable bonds is 3. The van der Waals surface area contributed by atoms with Crippen molar-refractivity contribution in [3.8, 4) is 0 Å². The molecule has 0 radical (unpaired) electrons. The number of aromatic nitrogens is 2. The molecule has 0 spiro atoms. The summed E-state index contributed by atoms with van der Waals surface area (Å²) in [6, 6.07) is 0. The lowest BCUT2D eigenvalue weighted by molar-refractivity contribution is 0.302. The molecule has 82 valence electrons. The Morgan fingerprint density at radius 1 is 1.47 bits per heavy atom. The Labute approximate surface area is 91.3 Å². The van der Waals surface area contributed by atoms with Gasteiger partial charge in [-0.1, -0.05) is 13.8 Å². The van der Waals surface area contributed by atoms with E-state index in [1.807, 2.05) is 6.20 Å². The molecule has 15 heavy (non-hydrogen) atoms. The van der Waals surface area contributed by atoms with Crippen molar-refractivity contribution in [3.05, 3.63) is 24.3 Å². The summed E-state index contributed by atoms with van der Waals surface area (Å²) < 4.78 is 0. The van der Waals surface area contributed by atoms with Gasteiger partial charge < -0.3 is 5.32 Å². The molecule has 0 aliphatic carbocycles. The second kappa shape index (κ2) is 4.27. The van der Waals surface area contributed by atoms with Gasteiger partial charge in [0.1, 0.15) is 0 Å². The fraction of sp³-hybridized carbons (Fsp3) is 0.667. The Hall–Kier alpha value is -0.960. The molecule has 1 aliphatic rings. The maximum absolute atomic E-state index is 4.46. The van der Waals surface area contributed by atoms with Crippen LogP contribution in [0.4, 0.5) is 0 Å². The van der Waals surface area contributed by atoms with Gasteiger partial charge in [0.25, 0.3) is 0 Å². The number of nitrogens with one attached hydrogen (secondary N) is 1. The van der Waals surface area contributed by atoms with E-state index in [-0.39, 0.29) is 5.54 Å². The molecule has 0 saturated carbocycles. The van der Waals surface area contributed by atoms with Crippen LogP contribution in [0.25, 0.3) is 0 Å². The first-order valence-corrected chi connectivity index (χ1v) is 5.74. The standard InChI is InChI=1S/C12H19N3/c1-10(2)8-12(4-3-5-15-12)11-9-13-6-7-14-11/h6-7,9-10,15H,3-5,8H2,1-2H3. The first kappa shape index (κ1) is 10.6. The predicted molar refractivity (Wildman–Crippen MR) is 60.4 cm³/mol. The van der Waals surface area contributed by atoms with Gasteiger partial charge in [0, 0.05) is 12.4 Å². The van der Waals surface area contributed by atoms with Gasteiger partial charge in [-0.2, -0.15) is 0 Å². The molecule has 0 bridgehead atoms. The largest absolute Gasteiger partial charge is 0.306 e. The molecule has 3 heteroatoms. The Kier molecular flexibility index (Phi) is 3.00. The number of nitrogens with zero attached hydrogens (tertiary/aromatic N) is 2. The Morgan fingerprint density at radius 3 is 2.87 bits per heavy atom. The van der Waals surface area contributed by atoms with Crippen LogP contribution < -0.4 is 5.32 Å². The Morgan fingerprint density at radius 2 is 2.33 bits per heavy atom. The van der Waals surface area contributed by atoms with Gasteiger partial charge in [0.15, 0.2) is 0 Å². The highest BCUT2D eigenvalue weighted by Gasteiger charge is 2.37. The molecular weight excluding hydrogens is 186 g/mol. The van der Waals surface area contributed by atoms with Crippen molar-refractivity contribution in [2.75, 3.05) is 6.54 Å². The van der Waals surface area contributed by atoms with Crippen molar-refractivity contribution in [2.24, 2.45) is 5.92 Å². The monoisotopic (exact) mass is 205 g/mol. The van der Waals surface area contributed by atoms with Gasteiger partial charge in [-0.25, -0.2) is 0 Å². The van der Waals surface area contributed by atoms with E-state index in [4.69, 9.17) is 0 Å². The van der Waals surface area contributed by atoms with Gasteiger partial charge in [-0.3, -0.25) is 9.97 Å².